The summed E-state index contributed by atoms with van der Waals surface area (Å²) < 4.78 is 0. The van der Waals surface area contributed by atoms with E-state index in [1.165, 1.54) is 70.6 Å². The molecule has 4 aliphatic carbocycles. The van der Waals surface area contributed by atoms with Crippen molar-refractivity contribution in [3.63, 3.8) is 0 Å². The number of hydrogen-bond donors (Lipinski definition) is 0. The van der Waals surface area contributed by atoms with Gasteiger partial charge < -0.3 is 0 Å². The number of hydrogen-bond acceptors (Lipinski definition) is 0. The molecule has 0 heteroatoms. The lowest BCUT2D eigenvalue weighted by Crippen LogP contribution is -2.49. The van der Waals surface area contributed by atoms with Crippen LogP contribution in [0.1, 0.15) is 119 Å². The standard InChI is InChI=1S/C29H50/c1-7-22(20(2)3)9-8-10-23-12-14-26-25-13-11-24-19-21(4)15-17-29(24,6)27(25)16-18-28(23,26)5/h11,20-23,25-27H,7-10,12-19H2,1-6H3/t21-,22?,23?,25?,26?,27?,28+,29-/m0/s1. The normalized spacial score (nSPS) is 45.3. The Kier molecular flexibility index (Phi) is 6.32. The van der Waals surface area contributed by atoms with Crippen molar-refractivity contribution >= 4 is 0 Å². The molecule has 0 heterocycles. The van der Waals surface area contributed by atoms with Crippen LogP contribution in [0.5, 0.6) is 0 Å². The van der Waals surface area contributed by atoms with E-state index in [9.17, 15) is 0 Å². The quantitative estimate of drug-likeness (QED) is 0.391. The van der Waals surface area contributed by atoms with Crippen LogP contribution in [0.15, 0.2) is 11.6 Å². The van der Waals surface area contributed by atoms with E-state index in [1.807, 2.05) is 5.57 Å². The molecule has 8 atom stereocenters. The highest BCUT2D eigenvalue weighted by atomic mass is 14.6. The van der Waals surface area contributed by atoms with Gasteiger partial charge in [-0.15, -0.1) is 0 Å². The lowest BCUT2D eigenvalue weighted by Gasteiger charge is -2.58. The lowest BCUT2D eigenvalue weighted by molar-refractivity contribution is -0.0452. The van der Waals surface area contributed by atoms with Gasteiger partial charge in [-0.2, -0.15) is 0 Å². The first-order valence-corrected chi connectivity index (χ1v) is 13.5. The second-order valence-electron chi connectivity index (χ2n) is 12.8. The largest absolute Gasteiger partial charge is 0.0845 e. The highest BCUT2D eigenvalue weighted by Gasteiger charge is 2.58. The molecule has 3 saturated carbocycles. The summed E-state index contributed by atoms with van der Waals surface area (Å²) in [7, 11) is 0. The molecule has 0 radical (unpaired) electrons. The summed E-state index contributed by atoms with van der Waals surface area (Å²) in [5.74, 6) is 6.77. The van der Waals surface area contributed by atoms with Crippen molar-refractivity contribution in [2.75, 3.05) is 0 Å². The predicted octanol–water partition coefficient (Wildman–Crippen LogP) is 9.05. The van der Waals surface area contributed by atoms with E-state index in [4.69, 9.17) is 0 Å². The number of allylic oxidation sites excluding steroid dienone is 2. The van der Waals surface area contributed by atoms with Crippen LogP contribution >= 0.6 is 0 Å². The SMILES string of the molecule is CCC(CCCC1CCC2C3CC=C4C[C@@H](C)CC[C@]4(C)C3CC[C@]12C)C(C)C. The van der Waals surface area contributed by atoms with Crippen LogP contribution in [0.3, 0.4) is 0 Å². The maximum absolute atomic E-state index is 2.75. The molecule has 4 rings (SSSR count). The summed E-state index contributed by atoms with van der Waals surface area (Å²) in [4.78, 5) is 0. The molecule has 166 valence electrons. The number of rotatable bonds is 6. The molecule has 5 unspecified atom stereocenters. The van der Waals surface area contributed by atoms with Gasteiger partial charge in [0, 0.05) is 0 Å². The Bertz CT molecular complexity index is 599. The van der Waals surface area contributed by atoms with E-state index in [0.717, 1.165) is 41.4 Å². The summed E-state index contributed by atoms with van der Waals surface area (Å²) in [5, 5.41) is 0. The molecule has 0 nitrogen and oxygen atoms in total. The zero-order valence-corrected chi connectivity index (χ0v) is 20.6. The Balaban J connectivity index is 1.43. The highest BCUT2D eigenvalue weighted by molar-refractivity contribution is 5.24. The van der Waals surface area contributed by atoms with Gasteiger partial charge in [-0.3, -0.25) is 0 Å². The van der Waals surface area contributed by atoms with Crippen LogP contribution in [0.25, 0.3) is 0 Å². The highest BCUT2D eigenvalue weighted by Crippen LogP contribution is 2.67. The Morgan fingerprint density at radius 1 is 1.03 bits per heavy atom. The van der Waals surface area contributed by atoms with E-state index < -0.39 is 0 Å². The molecule has 4 aliphatic rings. The molecule has 0 N–H and O–H groups in total. The predicted molar refractivity (Wildman–Crippen MR) is 127 cm³/mol. The molecule has 0 aromatic rings. The van der Waals surface area contributed by atoms with Gasteiger partial charge in [-0.05, 0) is 110 Å². The zero-order valence-electron chi connectivity index (χ0n) is 20.6. The van der Waals surface area contributed by atoms with Crippen LogP contribution in [0, 0.1) is 52.3 Å². The van der Waals surface area contributed by atoms with Crippen LogP contribution < -0.4 is 0 Å². The van der Waals surface area contributed by atoms with Crippen molar-refractivity contribution < 1.29 is 0 Å². The molecule has 0 aromatic heterocycles. The summed E-state index contributed by atoms with van der Waals surface area (Å²) >= 11 is 0. The summed E-state index contributed by atoms with van der Waals surface area (Å²) in [6.45, 7) is 15.1. The first-order chi connectivity index (χ1) is 13.8. The maximum atomic E-state index is 2.75. The van der Waals surface area contributed by atoms with Crippen molar-refractivity contribution in [3.8, 4) is 0 Å². The average Bonchev–Trinajstić information content (AvgIpc) is 3.02. The Hall–Kier alpha value is -0.260. The van der Waals surface area contributed by atoms with Gasteiger partial charge >= 0.3 is 0 Å². The van der Waals surface area contributed by atoms with E-state index in [0.29, 0.717) is 10.8 Å². The minimum Gasteiger partial charge on any atom is -0.0845 e. The number of fused-ring (bicyclic) bond motifs is 5. The fourth-order valence-corrected chi connectivity index (χ4v) is 9.06. The van der Waals surface area contributed by atoms with Gasteiger partial charge in [0.25, 0.3) is 0 Å². The van der Waals surface area contributed by atoms with Crippen LogP contribution in [0.2, 0.25) is 0 Å². The maximum Gasteiger partial charge on any atom is -0.00851 e. The third-order valence-corrected chi connectivity index (χ3v) is 11.1. The van der Waals surface area contributed by atoms with Gasteiger partial charge in [0.15, 0.2) is 0 Å². The van der Waals surface area contributed by atoms with Crippen molar-refractivity contribution in [2.45, 2.75) is 119 Å². The molecule has 0 spiro atoms. The fraction of sp³-hybridized carbons (Fsp3) is 0.931. The zero-order chi connectivity index (χ0) is 20.8. The van der Waals surface area contributed by atoms with Gasteiger partial charge in [0.1, 0.15) is 0 Å². The lowest BCUT2D eigenvalue weighted by atomic mass is 9.47. The molecule has 0 aliphatic heterocycles. The van der Waals surface area contributed by atoms with Crippen molar-refractivity contribution in [2.24, 2.45) is 52.3 Å². The summed E-state index contributed by atoms with van der Waals surface area (Å²) in [6.07, 6.45) is 20.5. The molecule has 29 heavy (non-hydrogen) atoms. The second-order valence-corrected chi connectivity index (χ2v) is 12.8. The summed E-state index contributed by atoms with van der Waals surface area (Å²) in [6, 6.07) is 0. The molecular formula is C29H50. The Labute approximate surface area is 182 Å². The third-order valence-electron chi connectivity index (χ3n) is 11.1. The molecule has 0 bridgehead atoms. The van der Waals surface area contributed by atoms with E-state index in [2.05, 4.69) is 47.6 Å². The first kappa shape index (κ1) is 22.0. The summed E-state index contributed by atoms with van der Waals surface area (Å²) in [5.41, 5.74) is 3.08. The van der Waals surface area contributed by atoms with E-state index in [-0.39, 0.29) is 0 Å². The minimum absolute atomic E-state index is 0.556. The van der Waals surface area contributed by atoms with Gasteiger partial charge in [-0.25, -0.2) is 0 Å². The average molecular weight is 399 g/mol. The van der Waals surface area contributed by atoms with Crippen LogP contribution in [-0.4, -0.2) is 0 Å². The monoisotopic (exact) mass is 398 g/mol. The molecule has 0 saturated heterocycles. The van der Waals surface area contributed by atoms with Crippen molar-refractivity contribution in [3.05, 3.63) is 11.6 Å². The van der Waals surface area contributed by atoms with Gasteiger partial charge in [-0.1, -0.05) is 72.5 Å². The molecular weight excluding hydrogens is 348 g/mol. The van der Waals surface area contributed by atoms with E-state index >= 15 is 0 Å². The smallest absolute Gasteiger partial charge is 0.00851 e. The first-order valence-electron chi connectivity index (χ1n) is 13.5. The topological polar surface area (TPSA) is 0 Å². The Morgan fingerprint density at radius 3 is 2.55 bits per heavy atom. The molecule has 0 aromatic carbocycles. The van der Waals surface area contributed by atoms with Crippen LogP contribution in [-0.2, 0) is 0 Å². The Morgan fingerprint density at radius 2 is 1.83 bits per heavy atom. The third kappa shape index (κ3) is 3.78. The van der Waals surface area contributed by atoms with Gasteiger partial charge in [0.2, 0.25) is 0 Å². The van der Waals surface area contributed by atoms with E-state index in [1.54, 1.807) is 6.42 Å². The van der Waals surface area contributed by atoms with Crippen LogP contribution in [0.4, 0.5) is 0 Å². The molecule has 0 amide bonds. The van der Waals surface area contributed by atoms with Crippen molar-refractivity contribution in [1.29, 1.82) is 0 Å². The van der Waals surface area contributed by atoms with Crippen molar-refractivity contribution in [1.82, 2.24) is 0 Å². The minimum atomic E-state index is 0.556. The fourth-order valence-electron chi connectivity index (χ4n) is 9.06. The van der Waals surface area contributed by atoms with Gasteiger partial charge in [0.05, 0.1) is 0 Å². The molecule has 3 fully saturated rings. The second kappa shape index (κ2) is 8.35.